The van der Waals surface area contributed by atoms with Crippen molar-refractivity contribution in [3.05, 3.63) is 54.1 Å². The molecule has 1 aliphatic heterocycles. The number of benzene rings is 2. The normalized spacial score (nSPS) is 15.5. The summed E-state index contributed by atoms with van der Waals surface area (Å²) in [5.74, 6) is 1.42. The van der Waals surface area contributed by atoms with Crippen molar-refractivity contribution in [2.75, 3.05) is 31.8 Å². The van der Waals surface area contributed by atoms with Crippen LogP contribution in [0.15, 0.2) is 48.5 Å². The maximum atomic E-state index is 13.1. The van der Waals surface area contributed by atoms with E-state index < -0.39 is 6.10 Å². The summed E-state index contributed by atoms with van der Waals surface area (Å²) in [6.45, 7) is 3.19. The lowest BCUT2D eigenvalue weighted by Gasteiger charge is -2.34. The Bertz CT molecular complexity index is 866. The Balaban J connectivity index is 1.64. The minimum absolute atomic E-state index is 0.0493. The van der Waals surface area contributed by atoms with E-state index in [1.165, 1.54) is 0 Å². The first-order valence-electron chi connectivity index (χ1n) is 10.4. The fraction of sp³-hybridized carbons (Fsp3) is 0.417. The zero-order chi connectivity index (χ0) is 21.3. The van der Waals surface area contributed by atoms with Gasteiger partial charge in [0.25, 0.3) is 5.91 Å². The van der Waals surface area contributed by atoms with Crippen LogP contribution in [0.25, 0.3) is 0 Å². The summed E-state index contributed by atoms with van der Waals surface area (Å²) in [7, 11) is 1.68. The molecule has 2 aromatic rings. The highest BCUT2D eigenvalue weighted by Gasteiger charge is 2.33. The fourth-order valence-corrected chi connectivity index (χ4v) is 3.54. The second-order valence-corrected chi connectivity index (χ2v) is 7.39. The second kappa shape index (κ2) is 10.8. The Kier molecular flexibility index (Phi) is 7.85. The van der Waals surface area contributed by atoms with Gasteiger partial charge >= 0.3 is 0 Å². The summed E-state index contributed by atoms with van der Waals surface area (Å²) in [5.41, 5.74) is 1.66. The number of fused-ring (bicyclic) bond motifs is 1. The van der Waals surface area contributed by atoms with Crippen LogP contribution in [0.1, 0.15) is 31.7 Å². The summed E-state index contributed by atoms with van der Waals surface area (Å²) in [6.07, 6.45) is 1.91. The molecule has 1 amide bonds. The van der Waals surface area contributed by atoms with Crippen molar-refractivity contribution >= 4 is 17.4 Å². The zero-order valence-electron chi connectivity index (χ0n) is 17.6. The molecule has 0 saturated heterocycles. The summed E-state index contributed by atoms with van der Waals surface area (Å²) >= 11 is 0. The highest BCUT2D eigenvalue weighted by atomic mass is 16.5. The van der Waals surface area contributed by atoms with E-state index in [9.17, 15) is 9.59 Å². The molecule has 0 saturated carbocycles. The third kappa shape index (κ3) is 5.60. The molecule has 1 heterocycles. The van der Waals surface area contributed by atoms with E-state index >= 15 is 0 Å². The van der Waals surface area contributed by atoms with Crippen LogP contribution in [0, 0.1) is 0 Å². The maximum absolute atomic E-state index is 13.1. The minimum Gasteiger partial charge on any atom is -0.493 e. The molecule has 0 radical (unpaired) electrons. The van der Waals surface area contributed by atoms with Crippen LogP contribution in [-0.2, 0) is 20.7 Å². The van der Waals surface area contributed by atoms with Crippen LogP contribution in [0.5, 0.6) is 11.5 Å². The molecule has 0 N–H and O–H groups in total. The van der Waals surface area contributed by atoms with Gasteiger partial charge in [-0.25, -0.2) is 0 Å². The number of unbranched alkanes of at least 4 members (excludes halogenated alkanes) is 1. The number of carbonyl (C=O) groups is 2. The molecule has 1 atom stereocenters. The summed E-state index contributed by atoms with van der Waals surface area (Å²) in [6, 6.07) is 15.1. The number of Topliss-reactive ketones (excluding diaryl/α,β-unsaturated/α-hetero) is 1. The number of para-hydroxylation sites is 3. The van der Waals surface area contributed by atoms with Gasteiger partial charge in [0.2, 0.25) is 0 Å². The van der Waals surface area contributed by atoms with E-state index in [-0.39, 0.29) is 11.7 Å². The predicted octanol–water partition coefficient (Wildman–Crippen LogP) is 3.81. The molecular formula is C24H29NO5. The highest BCUT2D eigenvalue weighted by Crippen LogP contribution is 2.34. The number of rotatable bonds is 11. The van der Waals surface area contributed by atoms with Crippen molar-refractivity contribution in [3.8, 4) is 11.5 Å². The average molecular weight is 411 g/mol. The first-order chi connectivity index (χ1) is 14.6. The van der Waals surface area contributed by atoms with Crippen LogP contribution < -0.4 is 14.4 Å². The SMILES string of the molecule is COCCCCN1C(=O)C(CCOc2ccccc2CC(C)=O)Oc2ccccc21. The Morgan fingerprint density at radius 3 is 2.63 bits per heavy atom. The molecule has 160 valence electrons. The molecule has 0 spiro atoms. The number of methoxy groups -OCH3 is 1. The van der Waals surface area contributed by atoms with Gasteiger partial charge in [0.1, 0.15) is 17.3 Å². The van der Waals surface area contributed by atoms with Crippen LogP contribution in [0.2, 0.25) is 0 Å². The van der Waals surface area contributed by atoms with Crippen LogP contribution >= 0.6 is 0 Å². The minimum atomic E-state index is -0.595. The van der Waals surface area contributed by atoms with Gasteiger partial charge < -0.3 is 19.1 Å². The van der Waals surface area contributed by atoms with Gasteiger partial charge in [0, 0.05) is 38.7 Å². The molecule has 3 rings (SSSR count). The van der Waals surface area contributed by atoms with Crippen molar-refractivity contribution < 1.29 is 23.8 Å². The number of hydrogen-bond donors (Lipinski definition) is 0. The van der Waals surface area contributed by atoms with E-state index in [2.05, 4.69) is 0 Å². The van der Waals surface area contributed by atoms with E-state index in [0.717, 1.165) is 24.1 Å². The number of ether oxygens (including phenoxy) is 3. The van der Waals surface area contributed by atoms with Gasteiger partial charge in [0.15, 0.2) is 6.10 Å². The molecule has 0 fully saturated rings. The van der Waals surface area contributed by atoms with E-state index in [0.29, 0.717) is 44.1 Å². The molecule has 6 heteroatoms. The molecule has 6 nitrogen and oxygen atoms in total. The summed E-state index contributed by atoms with van der Waals surface area (Å²) < 4.78 is 17.0. The number of hydrogen-bond acceptors (Lipinski definition) is 5. The number of amides is 1. The van der Waals surface area contributed by atoms with Crippen LogP contribution in [-0.4, -0.2) is 44.7 Å². The summed E-state index contributed by atoms with van der Waals surface area (Å²) in [4.78, 5) is 26.4. The smallest absolute Gasteiger partial charge is 0.268 e. The van der Waals surface area contributed by atoms with Gasteiger partial charge in [-0.05, 0) is 38.0 Å². The number of ketones is 1. The zero-order valence-corrected chi connectivity index (χ0v) is 17.6. The monoisotopic (exact) mass is 411 g/mol. The van der Waals surface area contributed by atoms with Crippen molar-refractivity contribution in [1.82, 2.24) is 0 Å². The largest absolute Gasteiger partial charge is 0.493 e. The number of carbonyl (C=O) groups excluding carboxylic acids is 2. The van der Waals surface area contributed by atoms with E-state index in [1.54, 1.807) is 14.0 Å². The Morgan fingerprint density at radius 2 is 1.83 bits per heavy atom. The van der Waals surface area contributed by atoms with Crippen LogP contribution in [0.4, 0.5) is 5.69 Å². The van der Waals surface area contributed by atoms with E-state index in [1.807, 2.05) is 53.4 Å². The topological polar surface area (TPSA) is 65.1 Å². The lowest BCUT2D eigenvalue weighted by atomic mass is 10.1. The van der Waals surface area contributed by atoms with Crippen molar-refractivity contribution in [2.24, 2.45) is 0 Å². The maximum Gasteiger partial charge on any atom is 0.268 e. The summed E-state index contributed by atoms with van der Waals surface area (Å²) in [5, 5.41) is 0. The number of anilines is 1. The molecule has 1 aliphatic rings. The van der Waals surface area contributed by atoms with Crippen molar-refractivity contribution in [1.29, 1.82) is 0 Å². The van der Waals surface area contributed by atoms with Gasteiger partial charge in [-0.2, -0.15) is 0 Å². The number of nitrogens with zero attached hydrogens (tertiary/aromatic N) is 1. The fourth-order valence-electron chi connectivity index (χ4n) is 3.54. The van der Waals surface area contributed by atoms with Crippen molar-refractivity contribution in [3.63, 3.8) is 0 Å². The Labute approximate surface area is 177 Å². The Morgan fingerprint density at radius 1 is 1.07 bits per heavy atom. The lowest BCUT2D eigenvalue weighted by molar-refractivity contribution is -0.127. The second-order valence-electron chi connectivity index (χ2n) is 7.39. The third-order valence-electron chi connectivity index (χ3n) is 5.00. The van der Waals surface area contributed by atoms with Gasteiger partial charge in [-0.1, -0.05) is 30.3 Å². The Hall–Kier alpha value is -2.86. The van der Waals surface area contributed by atoms with E-state index in [4.69, 9.17) is 14.2 Å². The molecule has 0 aliphatic carbocycles. The van der Waals surface area contributed by atoms with Gasteiger partial charge in [-0.15, -0.1) is 0 Å². The average Bonchev–Trinajstić information content (AvgIpc) is 2.74. The first-order valence-corrected chi connectivity index (χ1v) is 10.4. The third-order valence-corrected chi connectivity index (χ3v) is 5.00. The molecule has 0 bridgehead atoms. The van der Waals surface area contributed by atoms with Gasteiger partial charge in [0.05, 0.1) is 12.3 Å². The van der Waals surface area contributed by atoms with Crippen LogP contribution in [0.3, 0.4) is 0 Å². The molecule has 0 aromatic heterocycles. The highest BCUT2D eigenvalue weighted by molar-refractivity contribution is 6.00. The first kappa shape index (κ1) is 21.8. The molecule has 30 heavy (non-hydrogen) atoms. The van der Waals surface area contributed by atoms with Gasteiger partial charge in [-0.3, -0.25) is 9.59 Å². The van der Waals surface area contributed by atoms with Crippen molar-refractivity contribution in [2.45, 2.75) is 38.7 Å². The lowest BCUT2D eigenvalue weighted by Crippen LogP contribution is -2.47. The standard InChI is InChI=1S/C24H29NO5/c1-18(26)17-19-9-3-5-11-21(19)29-16-13-23-24(27)25(14-7-8-15-28-2)20-10-4-6-12-22(20)30-23/h3-6,9-12,23H,7-8,13-17H2,1-2H3. The molecule has 1 unspecified atom stereocenters. The quantitative estimate of drug-likeness (QED) is 0.526. The molecular weight excluding hydrogens is 382 g/mol. The predicted molar refractivity (Wildman–Crippen MR) is 115 cm³/mol. The molecule has 2 aromatic carbocycles.